The van der Waals surface area contributed by atoms with Gasteiger partial charge < -0.3 is 10.5 Å². The maximum absolute atomic E-state index is 13.7. The third-order valence-electron chi connectivity index (χ3n) is 3.00. The molecule has 2 aromatic rings. The van der Waals surface area contributed by atoms with Crippen molar-refractivity contribution < 1.29 is 13.9 Å². The Labute approximate surface area is 134 Å². The van der Waals surface area contributed by atoms with Crippen LogP contribution >= 0.6 is 27.5 Å². The second kappa shape index (κ2) is 5.99. The standard InChI is InChI=1S/C14H11BrClFN2O2/c1-6-11(18)10(16)13(14(20)21-2)19-12(6)7-3-4-8(15)9(17)5-7/h3-5H,1-2H3,(H2,18,19). The number of nitrogens with two attached hydrogens (primary N) is 1. The second-order valence-electron chi connectivity index (χ2n) is 4.28. The molecule has 1 aromatic heterocycles. The lowest BCUT2D eigenvalue weighted by Crippen LogP contribution is -2.10. The molecule has 0 aliphatic carbocycles. The molecule has 4 nitrogen and oxygen atoms in total. The smallest absolute Gasteiger partial charge is 0.358 e. The molecule has 0 spiro atoms. The molecule has 0 saturated carbocycles. The van der Waals surface area contributed by atoms with Crippen molar-refractivity contribution in [2.24, 2.45) is 0 Å². The van der Waals surface area contributed by atoms with Gasteiger partial charge in [0.2, 0.25) is 0 Å². The number of carbonyl (C=O) groups is 1. The average Bonchev–Trinajstić information content (AvgIpc) is 2.47. The third-order valence-corrected chi connectivity index (χ3v) is 4.02. The van der Waals surface area contributed by atoms with Crippen LogP contribution in [0.3, 0.4) is 0 Å². The Balaban J connectivity index is 2.71. The Kier molecular flexibility index (Phi) is 4.49. The van der Waals surface area contributed by atoms with E-state index in [0.717, 1.165) is 0 Å². The SMILES string of the molecule is COC(=O)c1nc(-c2ccc(Br)c(F)c2)c(C)c(N)c1Cl. The van der Waals surface area contributed by atoms with Crippen molar-refractivity contribution in [3.8, 4) is 11.3 Å². The number of rotatable bonds is 2. The summed E-state index contributed by atoms with van der Waals surface area (Å²) in [6.45, 7) is 1.70. The predicted molar refractivity (Wildman–Crippen MR) is 82.8 cm³/mol. The molecule has 0 fully saturated rings. The van der Waals surface area contributed by atoms with Crippen LogP contribution in [0.2, 0.25) is 5.02 Å². The molecule has 110 valence electrons. The summed E-state index contributed by atoms with van der Waals surface area (Å²) in [5, 5.41) is 0.0284. The molecule has 0 saturated heterocycles. The van der Waals surface area contributed by atoms with E-state index in [4.69, 9.17) is 17.3 Å². The van der Waals surface area contributed by atoms with Crippen LogP contribution in [0.1, 0.15) is 16.1 Å². The van der Waals surface area contributed by atoms with Crippen LogP contribution in [-0.2, 0) is 4.74 Å². The molecule has 0 unspecified atom stereocenters. The highest BCUT2D eigenvalue weighted by atomic mass is 79.9. The number of ether oxygens (including phenoxy) is 1. The number of halogens is 3. The predicted octanol–water partition coefficient (Wildman–Crippen LogP) is 3.98. The fourth-order valence-corrected chi connectivity index (χ4v) is 2.33. The minimum absolute atomic E-state index is 0.0284. The number of hydrogen-bond donors (Lipinski definition) is 1. The summed E-state index contributed by atoms with van der Waals surface area (Å²) in [7, 11) is 1.22. The van der Waals surface area contributed by atoms with Crippen molar-refractivity contribution in [2.45, 2.75) is 6.92 Å². The topological polar surface area (TPSA) is 65.2 Å². The molecule has 0 atom stereocenters. The third kappa shape index (κ3) is 2.87. The minimum atomic E-state index is -0.703. The van der Waals surface area contributed by atoms with Crippen LogP contribution < -0.4 is 5.73 Å². The van der Waals surface area contributed by atoms with Gasteiger partial charge in [-0.2, -0.15) is 0 Å². The van der Waals surface area contributed by atoms with E-state index >= 15 is 0 Å². The van der Waals surface area contributed by atoms with Gasteiger partial charge in [-0.3, -0.25) is 0 Å². The van der Waals surface area contributed by atoms with Gasteiger partial charge in [0, 0.05) is 5.56 Å². The Hall–Kier alpha value is -1.66. The summed E-state index contributed by atoms with van der Waals surface area (Å²) in [5.41, 5.74) is 7.45. The Morgan fingerprint density at radius 1 is 1.48 bits per heavy atom. The van der Waals surface area contributed by atoms with Gasteiger partial charge in [0.05, 0.1) is 28.0 Å². The summed E-state index contributed by atoms with van der Waals surface area (Å²) >= 11 is 9.10. The van der Waals surface area contributed by atoms with Crippen LogP contribution in [0.15, 0.2) is 22.7 Å². The summed E-state index contributed by atoms with van der Waals surface area (Å²) in [6, 6.07) is 4.51. The van der Waals surface area contributed by atoms with Gasteiger partial charge in [-0.15, -0.1) is 0 Å². The largest absolute Gasteiger partial charge is 0.464 e. The highest BCUT2D eigenvalue weighted by Gasteiger charge is 2.21. The molecule has 7 heteroatoms. The number of methoxy groups -OCH3 is 1. The summed E-state index contributed by atoms with van der Waals surface area (Å²) in [5.74, 6) is -1.15. The number of aromatic nitrogens is 1. The Morgan fingerprint density at radius 2 is 2.14 bits per heavy atom. The zero-order valence-electron chi connectivity index (χ0n) is 11.2. The summed E-state index contributed by atoms with van der Waals surface area (Å²) < 4.78 is 18.6. The van der Waals surface area contributed by atoms with Crippen LogP contribution in [0, 0.1) is 12.7 Å². The fourth-order valence-electron chi connectivity index (χ4n) is 1.82. The van der Waals surface area contributed by atoms with Crippen molar-refractivity contribution in [2.75, 3.05) is 12.8 Å². The molecule has 2 N–H and O–H groups in total. The van der Waals surface area contributed by atoms with Crippen molar-refractivity contribution >= 4 is 39.2 Å². The van der Waals surface area contributed by atoms with Crippen LogP contribution in [-0.4, -0.2) is 18.1 Å². The molecule has 0 aliphatic heterocycles. The zero-order chi connectivity index (χ0) is 15.7. The first kappa shape index (κ1) is 15.7. The maximum Gasteiger partial charge on any atom is 0.358 e. The maximum atomic E-state index is 13.7. The first-order valence-corrected chi connectivity index (χ1v) is 7.03. The average molecular weight is 374 g/mol. The lowest BCUT2D eigenvalue weighted by atomic mass is 10.0. The number of benzene rings is 1. The van der Waals surface area contributed by atoms with E-state index in [2.05, 4.69) is 25.7 Å². The normalized spacial score (nSPS) is 10.5. The molecule has 0 amide bonds. The molecular formula is C14H11BrClFN2O2. The molecular weight excluding hydrogens is 363 g/mol. The molecule has 1 aromatic carbocycles. The van der Waals surface area contributed by atoms with E-state index in [1.807, 2.05) is 0 Å². The molecule has 2 rings (SSSR count). The van der Waals surface area contributed by atoms with E-state index in [1.165, 1.54) is 13.2 Å². The van der Waals surface area contributed by atoms with Gasteiger partial charge in [-0.1, -0.05) is 17.7 Å². The van der Waals surface area contributed by atoms with E-state index in [1.54, 1.807) is 19.1 Å². The van der Waals surface area contributed by atoms with Gasteiger partial charge in [0.25, 0.3) is 0 Å². The number of nitrogens with zero attached hydrogens (tertiary/aromatic N) is 1. The molecule has 21 heavy (non-hydrogen) atoms. The molecule has 0 radical (unpaired) electrons. The molecule has 1 heterocycles. The van der Waals surface area contributed by atoms with E-state index in [0.29, 0.717) is 21.3 Å². The zero-order valence-corrected chi connectivity index (χ0v) is 13.5. The van der Waals surface area contributed by atoms with Crippen LogP contribution in [0.25, 0.3) is 11.3 Å². The first-order valence-electron chi connectivity index (χ1n) is 5.86. The number of hydrogen-bond acceptors (Lipinski definition) is 4. The fraction of sp³-hybridized carbons (Fsp3) is 0.143. The number of pyridine rings is 1. The number of anilines is 1. The monoisotopic (exact) mass is 372 g/mol. The second-order valence-corrected chi connectivity index (χ2v) is 5.51. The first-order chi connectivity index (χ1) is 9.86. The van der Waals surface area contributed by atoms with Crippen LogP contribution in [0.4, 0.5) is 10.1 Å². The van der Waals surface area contributed by atoms with Crippen molar-refractivity contribution in [3.63, 3.8) is 0 Å². The highest BCUT2D eigenvalue weighted by molar-refractivity contribution is 9.10. The van der Waals surface area contributed by atoms with Crippen molar-refractivity contribution in [3.05, 3.63) is 44.8 Å². The lowest BCUT2D eigenvalue weighted by molar-refractivity contribution is 0.0594. The van der Waals surface area contributed by atoms with Gasteiger partial charge in [0.1, 0.15) is 5.82 Å². The van der Waals surface area contributed by atoms with Crippen molar-refractivity contribution in [1.29, 1.82) is 0 Å². The van der Waals surface area contributed by atoms with Gasteiger partial charge in [0.15, 0.2) is 5.69 Å². The lowest BCUT2D eigenvalue weighted by Gasteiger charge is -2.13. The quantitative estimate of drug-likeness (QED) is 0.809. The summed E-state index contributed by atoms with van der Waals surface area (Å²) in [4.78, 5) is 15.9. The Morgan fingerprint density at radius 3 is 2.71 bits per heavy atom. The highest BCUT2D eigenvalue weighted by Crippen LogP contribution is 2.34. The summed E-state index contributed by atoms with van der Waals surface area (Å²) in [6.07, 6.45) is 0. The van der Waals surface area contributed by atoms with Crippen molar-refractivity contribution in [1.82, 2.24) is 4.98 Å². The number of carbonyl (C=O) groups excluding carboxylic acids is 1. The van der Waals surface area contributed by atoms with Gasteiger partial charge >= 0.3 is 5.97 Å². The number of nitrogen functional groups attached to an aromatic ring is 1. The van der Waals surface area contributed by atoms with Crippen LogP contribution in [0.5, 0.6) is 0 Å². The molecule has 0 aliphatic rings. The van der Waals surface area contributed by atoms with Gasteiger partial charge in [-0.05, 0) is 40.5 Å². The Bertz CT molecular complexity index is 737. The minimum Gasteiger partial charge on any atom is -0.464 e. The number of esters is 1. The van der Waals surface area contributed by atoms with E-state index in [-0.39, 0.29) is 16.4 Å². The van der Waals surface area contributed by atoms with Gasteiger partial charge in [-0.25, -0.2) is 14.2 Å². The van der Waals surface area contributed by atoms with E-state index in [9.17, 15) is 9.18 Å². The van der Waals surface area contributed by atoms with E-state index < -0.39 is 11.8 Å². The molecule has 0 bridgehead atoms.